The fourth-order valence-electron chi connectivity index (χ4n) is 3.43. The van der Waals surface area contributed by atoms with Gasteiger partial charge in [0.15, 0.2) is 0 Å². The van der Waals surface area contributed by atoms with Crippen molar-refractivity contribution < 1.29 is 13.6 Å². The summed E-state index contributed by atoms with van der Waals surface area (Å²) >= 11 is 0. The number of amides is 1. The summed E-state index contributed by atoms with van der Waals surface area (Å²) in [5.74, 6) is -1.71. The first-order chi connectivity index (χ1) is 13.0. The highest BCUT2D eigenvalue weighted by molar-refractivity contribution is 5.94. The first-order valence-corrected chi connectivity index (χ1v) is 8.87. The van der Waals surface area contributed by atoms with Crippen molar-refractivity contribution in [3.05, 3.63) is 58.9 Å². The van der Waals surface area contributed by atoms with E-state index in [2.05, 4.69) is 15.6 Å². The number of pyridine rings is 1. The van der Waals surface area contributed by atoms with Gasteiger partial charge in [0.05, 0.1) is 17.0 Å². The maximum atomic E-state index is 14.8. The number of carbonyl (C=O) groups excluding carboxylic acids is 1. The fourth-order valence-corrected chi connectivity index (χ4v) is 3.43. The van der Waals surface area contributed by atoms with Crippen LogP contribution in [0.15, 0.2) is 30.5 Å². The van der Waals surface area contributed by atoms with E-state index in [0.717, 1.165) is 36.5 Å². The van der Waals surface area contributed by atoms with Gasteiger partial charge in [-0.15, -0.1) is 12.4 Å². The number of halogens is 3. The Kier molecular flexibility index (Phi) is 5.67. The largest absolute Gasteiger partial charge is 0.355 e. The van der Waals surface area contributed by atoms with Crippen LogP contribution in [0.2, 0.25) is 0 Å². The quantitative estimate of drug-likeness (QED) is 0.700. The number of hydrogen-bond donors (Lipinski definition) is 2. The number of nitrogens with one attached hydrogen (secondary N) is 2. The van der Waals surface area contributed by atoms with Gasteiger partial charge < -0.3 is 15.0 Å². The number of carbonyl (C=O) groups is 1. The molecule has 0 unspecified atom stereocenters. The van der Waals surface area contributed by atoms with E-state index >= 15 is 0 Å². The van der Waals surface area contributed by atoms with Gasteiger partial charge in [-0.1, -0.05) is 0 Å². The third kappa shape index (κ3) is 3.47. The molecule has 4 rings (SSSR count). The molecule has 1 saturated heterocycles. The van der Waals surface area contributed by atoms with Gasteiger partial charge in [-0.2, -0.15) is 0 Å². The molecular formula is C20H21ClF2N4O. The number of hydrogen-bond acceptors (Lipinski definition) is 3. The molecule has 1 aliphatic heterocycles. The number of benzene rings is 1. The average molecular weight is 407 g/mol. The summed E-state index contributed by atoms with van der Waals surface area (Å²) in [5.41, 5.74) is 2.51. The Morgan fingerprint density at radius 3 is 2.54 bits per heavy atom. The van der Waals surface area contributed by atoms with E-state index in [0.29, 0.717) is 23.7 Å². The zero-order valence-electron chi connectivity index (χ0n) is 15.6. The maximum absolute atomic E-state index is 14.8. The van der Waals surface area contributed by atoms with Crippen LogP contribution in [0.5, 0.6) is 0 Å². The van der Waals surface area contributed by atoms with Gasteiger partial charge in [-0.25, -0.2) is 13.8 Å². The van der Waals surface area contributed by atoms with Gasteiger partial charge in [0.25, 0.3) is 5.91 Å². The van der Waals surface area contributed by atoms with Crippen molar-refractivity contribution in [2.45, 2.75) is 13.3 Å². The van der Waals surface area contributed by atoms with E-state index in [1.807, 2.05) is 29.7 Å². The Balaban J connectivity index is 0.00000225. The molecule has 3 heterocycles. The zero-order valence-corrected chi connectivity index (χ0v) is 16.4. The second-order valence-corrected chi connectivity index (χ2v) is 6.96. The maximum Gasteiger partial charge on any atom is 0.251 e. The molecule has 0 spiro atoms. The average Bonchev–Trinajstić information content (AvgIpc) is 2.93. The van der Waals surface area contributed by atoms with Crippen LogP contribution in [-0.2, 0) is 6.42 Å². The number of rotatable bonds is 4. The lowest BCUT2D eigenvalue weighted by Gasteiger charge is -2.27. The predicted molar refractivity (Wildman–Crippen MR) is 106 cm³/mol. The second-order valence-electron chi connectivity index (χ2n) is 6.96. The molecule has 1 aliphatic rings. The Bertz CT molecular complexity index is 1020. The van der Waals surface area contributed by atoms with Crippen LogP contribution in [0.25, 0.3) is 16.9 Å². The van der Waals surface area contributed by atoms with Crippen molar-refractivity contribution in [2.24, 2.45) is 5.92 Å². The van der Waals surface area contributed by atoms with E-state index in [-0.39, 0.29) is 23.5 Å². The summed E-state index contributed by atoms with van der Waals surface area (Å²) in [6.45, 7) is 3.70. The summed E-state index contributed by atoms with van der Waals surface area (Å²) in [7, 11) is 1.42. The molecule has 8 heteroatoms. The standard InChI is InChI=1S/C20H20F2N4O.ClH/c1-11-3-4-26-16(6-12-9-24-10-12)19(25-17(26)5-11)18-14(21)7-13(8-15(18)22)20(27)23-2;/h3-5,7-8,12,24H,6,9-10H2,1-2H3,(H,23,27);1H. The van der Waals surface area contributed by atoms with Crippen molar-refractivity contribution in [1.29, 1.82) is 0 Å². The van der Waals surface area contributed by atoms with Gasteiger partial charge in [0, 0.05) is 18.8 Å². The first kappa shape index (κ1) is 20.2. The van der Waals surface area contributed by atoms with Crippen LogP contribution >= 0.6 is 12.4 Å². The third-order valence-electron chi connectivity index (χ3n) is 5.00. The molecule has 1 aromatic carbocycles. The lowest BCUT2D eigenvalue weighted by molar-refractivity contribution is 0.0962. The lowest BCUT2D eigenvalue weighted by Crippen LogP contribution is -2.43. The highest BCUT2D eigenvalue weighted by Gasteiger charge is 2.26. The lowest BCUT2D eigenvalue weighted by atomic mass is 9.94. The molecule has 148 valence electrons. The second kappa shape index (κ2) is 7.85. The third-order valence-corrected chi connectivity index (χ3v) is 5.00. The minimum absolute atomic E-state index is 0. The molecule has 0 saturated carbocycles. The van der Waals surface area contributed by atoms with Crippen LogP contribution in [-0.4, -0.2) is 35.4 Å². The molecule has 0 radical (unpaired) electrons. The molecule has 2 N–H and O–H groups in total. The molecular weight excluding hydrogens is 386 g/mol. The predicted octanol–water partition coefficient (Wildman–Crippen LogP) is 3.13. The molecule has 1 fully saturated rings. The van der Waals surface area contributed by atoms with Gasteiger partial charge in [-0.05, 0) is 62.2 Å². The number of aryl methyl sites for hydroxylation is 1. The Morgan fingerprint density at radius 1 is 1.29 bits per heavy atom. The number of fused-ring (bicyclic) bond motifs is 1. The normalized spacial score (nSPS) is 13.9. The van der Waals surface area contributed by atoms with E-state index in [1.165, 1.54) is 7.05 Å². The van der Waals surface area contributed by atoms with Crippen LogP contribution in [0.1, 0.15) is 21.6 Å². The van der Waals surface area contributed by atoms with E-state index in [1.54, 1.807) is 0 Å². The van der Waals surface area contributed by atoms with Gasteiger partial charge >= 0.3 is 0 Å². The zero-order chi connectivity index (χ0) is 19.1. The number of aromatic nitrogens is 2. The molecule has 28 heavy (non-hydrogen) atoms. The van der Waals surface area contributed by atoms with E-state index < -0.39 is 17.5 Å². The minimum atomic E-state index is -0.790. The molecule has 0 bridgehead atoms. The minimum Gasteiger partial charge on any atom is -0.355 e. The first-order valence-electron chi connectivity index (χ1n) is 8.87. The molecule has 2 aromatic heterocycles. The summed E-state index contributed by atoms with van der Waals surface area (Å²) in [6, 6.07) is 5.95. The fraction of sp³-hybridized carbons (Fsp3) is 0.300. The van der Waals surface area contributed by atoms with Gasteiger partial charge in [-0.3, -0.25) is 4.79 Å². The van der Waals surface area contributed by atoms with E-state index in [4.69, 9.17) is 0 Å². The Labute approximate surface area is 167 Å². The summed E-state index contributed by atoms with van der Waals surface area (Å²) in [6.07, 6.45) is 2.56. The SMILES string of the molecule is CNC(=O)c1cc(F)c(-c2nc3cc(C)ccn3c2CC2CNC2)c(F)c1.Cl. The van der Waals surface area contributed by atoms with E-state index in [9.17, 15) is 13.6 Å². The monoisotopic (exact) mass is 406 g/mol. The van der Waals surface area contributed by atoms with Crippen molar-refractivity contribution in [1.82, 2.24) is 20.0 Å². The van der Waals surface area contributed by atoms with Crippen molar-refractivity contribution in [2.75, 3.05) is 20.1 Å². The Hall–Kier alpha value is -2.51. The summed E-state index contributed by atoms with van der Waals surface area (Å²) in [4.78, 5) is 16.3. The van der Waals surface area contributed by atoms with Gasteiger partial charge in [0.2, 0.25) is 0 Å². The van der Waals surface area contributed by atoms with Gasteiger partial charge in [0.1, 0.15) is 17.3 Å². The molecule has 5 nitrogen and oxygen atoms in total. The Morgan fingerprint density at radius 2 is 1.96 bits per heavy atom. The van der Waals surface area contributed by atoms with Crippen molar-refractivity contribution in [3.63, 3.8) is 0 Å². The van der Waals surface area contributed by atoms with Crippen molar-refractivity contribution >= 4 is 24.0 Å². The van der Waals surface area contributed by atoms with Crippen LogP contribution in [0, 0.1) is 24.5 Å². The summed E-state index contributed by atoms with van der Waals surface area (Å²) < 4.78 is 31.6. The molecule has 0 atom stereocenters. The number of nitrogens with zero attached hydrogens (tertiary/aromatic N) is 2. The smallest absolute Gasteiger partial charge is 0.251 e. The van der Waals surface area contributed by atoms with Crippen molar-refractivity contribution in [3.8, 4) is 11.3 Å². The van der Waals surface area contributed by atoms with Crippen LogP contribution in [0.3, 0.4) is 0 Å². The topological polar surface area (TPSA) is 58.4 Å². The molecule has 3 aromatic rings. The van der Waals surface area contributed by atoms with Crippen LogP contribution < -0.4 is 10.6 Å². The highest BCUT2D eigenvalue weighted by atomic mass is 35.5. The molecule has 0 aliphatic carbocycles. The number of imidazole rings is 1. The summed E-state index contributed by atoms with van der Waals surface area (Å²) in [5, 5.41) is 5.59. The highest BCUT2D eigenvalue weighted by Crippen LogP contribution is 2.32. The van der Waals surface area contributed by atoms with Crippen LogP contribution in [0.4, 0.5) is 8.78 Å². The molecule has 1 amide bonds.